The zero-order chi connectivity index (χ0) is 14.2. The molecule has 2 aromatic rings. The summed E-state index contributed by atoms with van der Waals surface area (Å²) in [6.45, 7) is 8.11. The summed E-state index contributed by atoms with van der Waals surface area (Å²) in [6.07, 6.45) is 5.86. The van der Waals surface area contributed by atoms with Crippen LogP contribution in [0.4, 0.5) is 5.82 Å². The first-order valence-corrected chi connectivity index (χ1v) is 7.22. The Kier molecular flexibility index (Phi) is 3.38. The third kappa shape index (κ3) is 2.77. The maximum atomic E-state index is 5.76. The number of aromatic nitrogens is 3. The van der Waals surface area contributed by atoms with E-state index in [1.165, 1.54) is 0 Å². The van der Waals surface area contributed by atoms with Gasteiger partial charge in [-0.25, -0.2) is 9.50 Å². The van der Waals surface area contributed by atoms with Crippen LogP contribution in [0.3, 0.4) is 0 Å². The van der Waals surface area contributed by atoms with Crippen LogP contribution >= 0.6 is 0 Å². The average Bonchev–Trinajstić information content (AvgIpc) is 2.76. The van der Waals surface area contributed by atoms with Gasteiger partial charge in [0.2, 0.25) is 0 Å². The Balaban J connectivity index is 1.71. The molecule has 20 heavy (non-hydrogen) atoms. The third-order valence-electron chi connectivity index (χ3n) is 3.87. The number of aryl methyl sites for hydroxylation is 1. The predicted molar refractivity (Wildman–Crippen MR) is 79.0 cm³/mol. The van der Waals surface area contributed by atoms with Gasteiger partial charge in [0.25, 0.3) is 0 Å². The van der Waals surface area contributed by atoms with Crippen molar-refractivity contribution in [2.75, 3.05) is 18.5 Å². The normalized spacial score (nSPS) is 22.1. The Morgan fingerprint density at radius 1 is 1.50 bits per heavy atom. The molecule has 1 aliphatic heterocycles. The van der Waals surface area contributed by atoms with Gasteiger partial charge in [-0.05, 0) is 45.6 Å². The second-order valence-electron chi connectivity index (χ2n) is 6.24. The van der Waals surface area contributed by atoms with Crippen LogP contribution in [-0.2, 0) is 4.74 Å². The topological polar surface area (TPSA) is 51.5 Å². The van der Waals surface area contributed by atoms with Crippen molar-refractivity contribution in [1.29, 1.82) is 0 Å². The van der Waals surface area contributed by atoms with Gasteiger partial charge >= 0.3 is 0 Å². The molecule has 1 atom stereocenters. The van der Waals surface area contributed by atoms with Gasteiger partial charge in [-0.1, -0.05) is 0 Å². The molecule has 0 aromatic carbocycles. The predicted octanol–water partition coefficient (Wildman–Crippen LogP) is 2.65. The molecule has 3 heterocycles. The van der Waals surface area contributed by atoms with Crippen LogP contribution in [0.25, 0.3) is 5.52 Å². The molecular weight excluding hydrogens is 252 g/mol. The number of fused-ring (bicyclic) bond motifs is 1. The van der Waals surface area contributed by atoms with Crippen molar-refractivity contribution in [3.05, 3.63) is 24.2 Å². The summed E-state index contributed by atoms with van der Waals surface area (Å²) in [6, 6.07) is 2.06. The Bertz CT molecular complexity index is 605. The number of nitrogens with zero attached hydrogens (tertiary/aromatic N) is 3. The van der Waals surface area contributed by atoms with Crippen LogP contribution in [0.2, 0.25) is 0 Å². The first-order chi connectivity index (χ1) is 9.53. The number of nitrogens with one attached hydrogen (secondary N) is 1. The van der Waals surface area contributed by atoms with E-state index in [2.05, 4.69) is 35.3 Å². The van der Waals surface area contributed by atoms with Crippen molar-refractivity contribution in [3.63, 3.8) is 0 Å². The van der Waals surface area contributed by atoms with E-state index in [1.54, 1.807) is 6.20 Å². The van der Waals surface area contributed by atoms with E-state index >= 15 is 0 Å². The van der Waals surface area contributed by atoms with E-state index in [4.69, 9.17) is 4.74 Å². The molecule has 0 saturated carbocycles. The van der Waals surface area contributed by atoms with E-state index in [0.29, 0.717) is 5.92 Å². The average molecular weight is 274 g/mol. The molecule has 1 unspecified atom stereocenters. The summed E-state index contributed by atoms with van der Waals surface area (Å²) in [5.41, 5.74) is 2.04. The quantitative estimate of drug-likeness (QED) is 0.935. The fraction of sp³-hybridized carbons (Fsp3) is 0.600. The number of hydrogen-bond donors (Lipinski definition) is 1. The Morgan fingerprint density at radius 2 is 2.35 bits per heavy atom. The maximum Gasteiger partial charge on any atom is 0.152 e. The number of ether oxygens (including phenoxy) is 1. The summed E-state index contributed by atoms with van der Waals surface area (Å²) in [5, 5.41) is 7.89. The van der Waals surface area contributed by atoms with Gasteiger partial charge in [-0.3, -0.25) is 0 Å². The summed E-state index contributed by atoms with van der Waals surface area (Å²) >= 11 is 0. The lowest BCUT2D eigenvalue weighted by Gasteiger charge is -2.35. The molecule has 1 aliphatic rings. The Hall–Kier alpha value is -1.62. The fourth-order valence-electron chi connectivity index (χ4n) is 2.95. The molecule has 1 N–H and O–H groups in total. The highest BCUT2D eigenvalue weighted by molar-refractivity contribution is 5.67. The molecule has 108 valence electrons. The second-order valence-corrected chi connectivity index (χ2v) is 6.24. The molecule has 2 aromatic heterocycles. The molecule has 0 aliphatic carbocycles. The van der Waals surface area contributed by atoms with Gasteiger partial charge < -0.3 is 10.1 Å². The van der Waals surface area contributed by atoms with Crippen molar-refractivity contribution in [1.82, 2.24) is 14.6 Å². The van der Waals surface area contributed by atoms with E-state index in [-0.39, 0.29) is 5.60 Å². The summed E-state index contributed by atoms with van der Waals surface area (Å²) in [4.78, 5) is 4.44. The Morgan fingerprint density at radius 3 is 3.15 bits per heavy atom. The van der Waals surface area contributed by atoms with Crippen LogP contribution in [0.5, 0.6) is 0 Å². The summed E-state index contributed by atoms with van der Waals surface area (Å²) in [7, 11) is 0. The summed E-state index contributed by atoms with van der Waals surface area (Å²) in [5.74, 6) is 1.54. The maximum absolute atomic E-state index is 5.76. The molecule has 5 heteroatoms. The Labute approximate surface area is 119 Å². The van der Waals surface area contributed by atoms with Crippen LogP contribution < -0.4 is 5.32 Å². The smallest absolute Gasteiger partial charge is 0.152 e. The molecule has 1 saturated heterocycles. The summed E-state index contributed by atoms with van der Waals surface area (Å²) < 4.78 is 7.64. The molecule has 0 bridgehead atoms. The van der Waals surface area contributed by atoms with Crippen molar-refractivity contribution in [2.45, 2.75) is 39.2 Å². The molecule has 1 fully saturated rings. The standard InChI is InChI=1S/C15H22N4O/c1-11-8-13-14(16-5-6-19(13)18-11)17-10-12-4-7-20-15(2,3)9-12/h5-6,8,12H,4,7,9-10H2,1-3H3,(H,16,17). The van der Waals surface area contributed by atoms with Crippen LogP contribution in [0.15, 0.2) is 18.5 Å². The van der Waals surface area contributed by atoms with Crippen molar-refractivity contribution >= 4 is 11.3 Å². The molecular formula is C15H22N4O. The van der Waals surface area contributed by atoms with E-state index in [0.717, 1.165) is 43.0 Å². The number of rotatable bonds is 3. The van der Waals surface area contributed by atoms with E-state index < -0.39 is 0 Å². The highest BCUT2D eigenvalue weighted by Crippen LogP contribution is 2.28. The minimum absolute atomic E-state index is 0.00274. The van der Waals surface area contributed by atoms with Crippen molar-refractivity contribution < 1.29 is 4.74 Å². The zero-order valence-corrected chi connectivity index (χ0v) is 12.4. The fourth-order valence-corrected chi connectivity index (χ4v) is 2.95. The molecule has 0 amide bonds. The molecule has 5 nitrogen and oxygen atoms in total. The lowest BCUT2D eigenvalue weighted by molar-refractivity contribution is -0.0699. The monoisotopic (exact) mass is 274 g/mol. The minimum Gasteiger partial charge on any atom is -0.376 e. The van der Waals surface area contributed by atoms with Gasteiger partial charge in [-0.15, -0.1) is 0 Å². The minimum atomic E-state index is -0.00274. The van der Waals surface area contributed by atoms with Crippen LogP contribution in [-0.4, -0.2) is 33.4 Å². The van der Waals surface area contributed by atoms with Gasteiger partial charge in [0.1, 0.15) is 5.52 Å². The number of anilines is 1. The first-order valence-electron chi connectivity index (χ1n) is 7.22. The highest BCUT2D eigenvalue weighted by Gasteiger charge is 2.28. The zero-order valence-electron chi connectivity index (χ0n) is 12.4. The number of hydrogen-bond acceptors (Lipinski definition) is 4. The lowest BCUT2D eigenvalue weighted by Crippen LogP contribution is -2.36. The van der Waals surface area contributed by atoms with Gasteiger partial charge in [0.15, 0.2) is 5.82 Å². The molecule has 0 radical (unpaired) electrons. The van der Waals surface area contributed by atoms with E-state index in [9.17, 15) is 0 Å². The first kappa shape index (κ1) is 13.4. The SMILES string of the molecule is Cc1cc2c(NCC3CCOC(C)(C)C3)nccn2n1. The van der Waals surface area contributed by atoms with Crippen molar-refractivity contribution in [3.8, 4) is 0 Å². The van der Waals surface area contributed by atoms with Gasteiger partial charge in [0.05, 0.1) is 11.3 Å². The lowest BCUT2D eigenvalue weighted by atomic mass is 9.88. The third-order valence-corrected chi connectivity index (χ3v) is 3.87. The van der Waals surface area contributed by atoms with Gasteiger partial charge in [0, 0.05) is 25.5 Å². The highest BCUT2D eigenvalue weighted by atomic mass is 16.5. The van der Waals surface area contributed by atoms with Crippen molar-refractivity contribution in [2.24, 2.45) is 5.92 Å². The van der Waals surface area contributed by atoms with Crippen LogP contribution in [0.1, 0.15) is 32.4 Å². The van der Waals surface area contributed by atoms with Gasteiger partial charge in [-0.2, -0.15) is 5.10 Å². The van der Waals surface area contributed by atoms with Crippen LogP contribution in [0, 0.1) is 12.8 Å². The largest absolute Gasteiger partial charge is 0.376 e. The molecule has 0 spiro atoms. The second kappa shape index (κ2) is 5.05. The van der Waals surface area contributed by atoms with E-state index in [1.807, 2.05) is 17.6 Å². The molecule has 3 rings (SSSR count).